The molecule has 0 aliphatic heterocycles. The van der Waals surface area contributed by atoms with Crippen LogP contribution in [-0.4, -0.2) is 30.2 Å². The second-order valence-electron chi connectivity index (χ2n) is 4.95. The van der Waals surface area contributed by atoms with Crippen molar-refractivity contribution >= 4 is 17.6 Å². The molecule has 0 saturated heterocycles. The summed E-state index contributed by atoms with van der Waals surface area (Å²) in [6.45, 7) is 8.12. The summed E-state index contributed by atoms with van der Waals surface area (Å²) in [4.78, 5) is 22.3. The molecular formula is C18H23NO5. The zero-order valence-electron chi connectivity index (χ0n) is 13.6. The van der Waals surface area contributed by atoms with Crippen LogP contribution in [-0.2, 0) is 9.59 Å². The number of allylic oxidation sites excluding steroid dienone is 2. The Kier molecular flexibility index (Phi) is 8.74. The van der Waals surface area contributed by atoms with Crippen molar-refractivity contribution in [2.45, 2.75) is 25.7 Å². The minimum Gasteiger partial charge on any atom is -0.491 e. The van der Waals surface area contributed by atoms with Crippen molar-refractivity contribution in [2.75, 3.05) is 18.5 Å². The summed E-state index contributed by atoms with van der Waals surface area (Å²) in [6, 6.07) is 5.03. The van der Waals surface area contributed by atoms with E-state index < -0.39 is 11.9 Å². The number of carboxylic acid groups (broad SMARTS) is 1. The number of rotatable bonds is 11. The molecule has 1 amide bonds. The summed E-state index contributed by atoms with van der Waals surface area (Å²) in [6.07, 6.45) is 6.70. The molecule has 24 heavy (non-hydrogen) atoms. The lowest BCUT2D eigenvalue weighted by Gasteiger charge is -2.16. The molecule has 0 saturated carbocycles. The van der Waals surface area contributed by atoms with Crippen LogP contribution in [0.3, 0.4) is 0 Å². The maximum Gasteiger partial charge on any atom is 0.394 e. The molecule has 1 rings (SSSR count). The molecule has 0 fully saturated rings. The third-order valence-corrected chi connectivity index (χ3v) is 3.04. The quantitative estimate of drug-likeness (QED) is 0.368. The maximum atomic E-state index is 11.5. The molecule has 0 radical (unpaired) electrons. The first-order chi connectivity index (χ1) is 11.6. The molecular weight excluding hydrogens is 310 g/mol. The molecule has 2 N–H and O–H groups in total. The number of para-hydroxylation sites is 1. The molecule has 0 aliphatic rings. The van der Waals surface area contributed by atoms with Crippen LogP contribution in [0.4, 0.5) is 5.69 Å². The Morgan fingerprint density at radius 3 is 1.96 bits per heavy atom. The highest BCUT2D eigenvalue weighted by Crippen LogP contribution is 2.35. The van der Waals surface area contributed by atoms with E-state index in [0.29, 0.717) is 24.7 Å². The van der Waals surface area contributed by atoms with E-state index in [1.54, 1.807) is 30.4 Å². The number of aliphatic carboxylic acids is 1. The number of anilines is 1. The zero-order valence-corrected chi connectivity index (χ0v) is 13.6. The first-order valence-electron chi connectivity index (χ1n) is 7.74. The molecule has 0 spiro atoms. The standard InChI is InChI=1S/C18H23NO5/c1-3-5-7-12-23-14-10-9-11-15(24-13-8-6-4-2)16(14)19-17(20)18(21)22/h3-4,9-11H,1-2,5-8,12-13H2,(H,19,20)(H,21,22). The number of carbonyl (C=O) groups is 2. The maximum absolute atomic E-state index is 11.5. The number of carboxylic acids is 1. The smallest absolute Gasteiger partial charge is 0.394 e. The summed E-state index contributed by atoms with van der Waals surface area (Å²) in [5.41, 5.74) is 0.224. The molecule has 0 unspecified atom stereocenters. The van der Waals surface area contributed by atoms with Gasteiger partial charge in [0.05, 0.1) is 13.2 Å². The van der Waals surface area contributed by atoms with Crippen LogP contribution in [0.2, 0.25) is 0 Å². The SMILES string of the molecule is C=CCCCOc1cccc(OCCCC=C)c1NC(=O)C(=O)O. The predicted octanol–water partition coefficient (Wildman–Crippen LogP) is 3.40. The normalized spacial score (nSPS) is 9.83. The van der Waals surface area contributed by atoms with Crippen LogP contribution >= 0.6 is 0 Å². The van der Waals surface area contributed by atoms with Crippen molar-refractivity contribution < 1.29 is 24.2 Å². The molecule has 1 aromatic rings. The Labute approximate surface area is 141 Å². The number of hydrogen-bond donors (Lipinski definition) is 2. The fourth-order valence-electron chi connectivity index (χ4n) is 1.86. The van der Waals surface area contributed by atoms with Crippen molar-refractivity contribution in [3.8, 4) is 11.5 Å². The number of carbonyl (C=O) groups excluding carboxylic acids is 1. The summed E-state index contributed by atoms with van der Waals surface area (Å²) in [5.74, 6) is -1.98. The van der Waals surface area contributed by atoms with Gasteiger partial charge in [0.25, 0.3) is 0 Å². The Bertz CT molecular complexity index is 549. The molecule has 6 nitrogen and oxygen atoms in total. The Morgan fingerprint density at radius 1 is 1.04 bits per heavy atom. The van der Waals surface area contributed by atoms with Crippen molar-refractivity contribution in [3.05, 3.63) is 43.5 Å². The minimum atomic E-state index is -1.57. The summed E-state index contributed by atoms with van der Waals surface area (Å²) >= 11 is 0. The van der Waals surface area contributed by atoms with Crippen LogP contribution in [0.5, 0.6) is 11.5 Å². The van der Waals surface area contributed by atoms with Crippen LogP contribution in [0.1, 0.15) is 25.7 Å². The van der Waals surface area contributed by atoms with E-state index in [9.17, 15) is 9.59 Å². The fourth-order valence-corrected chi connectivity index (χ4v) is 1.86. The number of unbranched alkanes of at least 4 members (excludes halogenated alkanes) is 2. The lowest BCUT2D eigenvalue weighted by molar-refractivity contribution is -0.147. The number of amides is 1. The molecule has 0 atom stereocenters. The number of hydrogen-bond acceptors (Lipinski definition) is 4. The molecule has 1 aromatic carbocycles. The van der Waals surface area contributed by atoms with Crippen molar-refractivity contribution in [3.63, 3.8) is 0 Å². The van der Waals surface area contributed by atoms with Crippen molar-refractivity contribution in [1.82, 2.24) is 0 Å². The van der Waals surface area contributed by atoms with E-state index in [2.05, 4.69) is 18.5 Å². The fraction of sp³-hybridized carbons (Fsp3) is 0.333. The molecule has 130 valence electrons. The van der Waals surface area contributed by atoms with E-state index in [0.717, 1.165) is 25.7 Å². The second kappa shape index (κ2) is 10.9. The van der Waals surface area contributed by atoms with Gasteiger partial charge in [-0.2, -0.15) is 0 Å². The van der Waals surface area contributed by atoms with E-state index in [-0.39, 0.29) is 5.69 Å². The first kappa shape index (κ1) is 19.3. The molecule has 0 bridgehead atoms. The van der Waals surface area contributed by atoms with E-state index in [1.165, 1.54) is 0 Å². The monoisotopic (exact) mass is 333 g/mol. The van der Waals surface area contributed by atoms with Gasteiger partial charge in [0.15, 0.2) is 0 Å². The number of benzene rings is 1. The topological polar surface area (TPSA) is 84.9 Å². The summed E-state index contributed by atoms with van der Waals surface area (Å²) in [7, 11) is 0. The van der Waals surface area contributed by atoms with Crippen LogP contribution in [0, 0.1) is 0 Å². The number of nitrogens with one attached hydrogen (secondary N) is 1. The van der Waals surface area contributed by atoms with Crippen molar-refractivity contribution in [2.24, 2.45) is 0 Å². The molecule has 6 heteroatoms. The van der Waals surface area contributed by atoms with E-state index in [4.69, 9.17) is 14.6 Å². The van der Waals surface area contributed by atoms with E-state index in [1.807, 2.05) is 0 Å². The predicted molar refractivity (Wildman–Crippen MR) is 92.6 cm³/mol. The van der Waals surface area contributed by atoms with Crippen LogP contribution < -0.4 is 14.8 Å². The molecule has 0 aliphatic carbocycles. The van der Waals surface area contributed by atoms with Gasteiger partial charge in [0.2, 0.25) is 0 Å². The minimum absolute atomic E-state index is 0.224. The summed E-state index contributed by atoms with van der Waals surface area (Å²) < 4.78 is 11.3. The average molecular weight is 333 g/mol. The molecule has 0 aromatic heterocycles. The van der Waals surface area contributed by atoms with Gasteiger partial charge in [0, 0.05) is 0 Å². The highest BCUT2D eigenvalue weighted by Gasteiger charge is 2.18. The van der Waals surface area contributed by atoms with Gasteiger partial charge in [-0.15, -0.1) is 13.2 Å². The van der Waals surface area contributed by atoms with Gasteiger partial charge in [-0.25, -0.2) is 4.79 Å². The van der Waals surface area contributed by atoms with Crippen LogP contribution in [0.15, 0.2) is 43.5 Å². The van der Waals surface area contributed by atoms with Gasteiger partial charge in [-0.1, -0.05) is 18.2 Å². The Balaban J connectivity index is 2.89. The lowest BCUT2D eigenvalue weighted by atomic mass is 10.2. The van der Waals surface area contributed by atoms with Gasteiger partial charge < -0.3 is 19.9 Å². The van der Waals surface area contributed by atoms with Crippen LogP contribution in [0.25, 0.3) is 0 Å². The van der Waals surface area contributed by atoms with Gasteiger partial charge in [0.1, 0.15) is 17.2 Å². The highest BCUT2D eigenvalue weighted by atomic mass is 16.5. The third kappa shape index (κ3) is 6.56. The third-order valence-electron chi connectivity index (χ3n) is 3.04. The van der Waals surface area contributed by atoms with E-state index >= 15 is 0 Å². The first-order valence-corrected chi connectivity index (χ1v) is 7.74. The largest absolute Gasteiger partial charge is 0.491 e. The second-order valence-corrected chi connectivity index (χ2v) is 4.95. The Hall–Kier alpha value is -2.76. The Morgan fingerprint density at radius 2 is 1.54 bits per heavy atom. The lowest BCUT2D eigenvalue weighted by Crippen LogP contribution is -2.22. The highest BCUT2D eigenvalue weighted by molar-refractivity contribution is 6.36. The zero-order chi connectivity index (χ0) is 17.8. The molecule has 0 heterocycles. The van der Waals surface area contributed by atoms with Crippen molar-refractivity contribution in [1.29, 1.82) is 0 Å². The number of ether oxygens (including phenoxy) is 2. The average Bonchev–Trinajstić information content (AvgIpc) is 2.57. The van der Waals surface area contributed by atoms with Gasteiger partial charge in [-0.3, -0.25) is 4.79 Å². The van der Waals surface area contributed by atoms with Gasteiger partial charge in [-0.05, 0) is 37.8 Å². The van der Waals surface area contributed by atoms with Gasteiger partial charge >= 0.3 is 11.9 Å². The summed E-state index contributed by atoms with van der Waals surface area (Å²) in [5, 5.41) is 11.1.